The average molecular weight is 358 g/mol. The second kappa shape index (κ2) is 6.75. The molecule has 1 saturated carbocycles. The second-order valence-electron chi connectivity index (χ2n) is 6.58. The molecule has 0 saturated heterocycles. The van der Waals surface area contributed by atoms with Crippen LogP contribution in [0.4, 0.5) is 0 Å². The van der Waals surface area contributed by atoms with Crippen molar-refractivity contribution in [2.24, 2.45) is 13.0 Å². The summed E-state index contributed by atoms with van der Waals surface area (Å²) in [6, 6.07) is 0.231. The van der Waals surface area contributed by atoms with Gasteiger partial charge in [0.1, 0.15) is 0 Å². The first-order chi connectivity index (χ1) is 9.92. The molecule has 5 nitrogen and oxygen atoms in total. The van der Waals surface area contributed by atoms with Gasteiger partial charge in [-0.1, -0.05) is 31.9 Å². The van der Waals surface area contributed by atoms with E-state index in [0.717, 1.165) is 22.8 Å². The van der Waals surface area contributed by atoms with Crippen LogP contribution in [0.5, 0.6) is 0 Å². The van der Waals surface area contributed by atoms with Crippen LogP contribution in [0.3, 0.4) is 0 Å². The molecule has 3 atom stereocenters. The van der Waals surface area contributed by atoms with Gasteiger partial charge in [-0.15, -0.1) is 5.10 Å². The molecule has 1 aromatic rings. The highest BCUT2D eigenvalue weighted by Gasteiger charge is 2.46. The van der Waals surface area contributed by atoms with Crippen molar-refractivity contribution in [2.45, 2.75) is 51.1 Å². The van der Waals surface area contributed by atoms with E-state index in [2.05, 4.69) is 64.4 Å². The predicted octanol–water partition coefficient (Wildman–Crippen LogP) is 2.74. The molecule has 2 rings (SSSR count). The smallest absolute Gasteiger partial charge is 0.153 e. The van der Waals surface area contributed by atoms with E-state index in [0.29, 0.717) is 0 Å². The molecule has 0 radical (unpaired) electrons. The van der Waals surface area contributed by atoms with Crippen LogP contribution in [0.2, 0.25) is 0 Å². The van der Waals surface area contributed by atoms with Crippen LogP contribution in [0.1, 0.15) is 51.3 Å². The van der Waals surface area contributed by atoms with E-state index in [9.17, 15) is 0 Å². The van der Waals surface area contributed by atoms with Gasteiger partial charge >= 0.3 is 0 Å². The summed E-state index contributed by atoms with van der Waals surface area (Å²) in [5.41, 5.74) is 1.27. The van der Waals surface area contributed by atoms with E-state index in [1.54, 1.807) is 0 Å². The molecule has 1 heterocycles. The van der Waals surface area contributed by atoms with Crippen LogP contribution in [-0.2, 0) is 7.05 Å². The number of hydrogen-bond acceptors (Lipinski definition) is 4. The summed E-state index contributed by atoms with van der Waals surface area (Å²) in [7, 11) is 6.40. The molecule has 0 aromatic carbocycles. The van der Waals surface area contributed by atoms with Gasteiger partial charge in [-0.25, -0.2) is 4.68 Å². The Kier molecular flexibility index (Phi) is 5.43. The number of halogens is 1. The van der Waals surface area contributed by atoms with Gasteiger partial charge in [-0.2, -0.15) is 0 Å². The Hall–Kier alpha value is -0.460. The molecular formula is C15H28BrN5. The van der Waals surface area contributed by atoms with Crippen molar-refractivity contribution >= 4 is 15.9 Å². The maximum Gasteiger partial charge on any atom is 0.153 e. The lowest BCUT2D eigenvalue weighted by molar-refractivity contribution is 0.0343. The molecule has 0 spiro atoms. The van der Waals surface area contributed by atoms with Gasteiger partial charge in [-0.3, -0.25) is 0 Å². The molecule has 0 aliphatic heterocycles. The van der Waals surface area contributed by atoms with Gasteiger partial charge in [0.05, 0.1) is 11.7 Å². The summed E-state index contributed by atoms with van der Waals surface area (Å²) in [6.07, 6.45) is 5.03. The molecule has 1 aliphatic carbocycles. The Bertz CT molecular complexity index is 453. The van der Waals surface area contributed by atoms with Crippen molar-refractivity contribution < 1.29 is 0 Å². The van der Waals surface area contributed by atoms with E-state index in [-0.39, 0.29) is 11.6 Å². The highest BCUT2D eigenvalue weighted by molar-refractivity contribution is 9.10. The van der Waals surface area contributed by atoms with Crippen LogP contribution in [0.15, 0.2) is 4.60 Å². The van der Waals surface area contributed by atoms with Crippen LogP contribution in [0.25, 0.3) is 0 Å². The first-order valence-corrected chi connectivity index (χ1v) is 8.67. The standard InChI is InChI=1S/C15H28BrN5/c1-6-17-13(12-14(16)18-19-21(12)5)15(20(3)4)9-7-8-11(2)10-15/h11,13,17H,6-10H2,1-5H3. The Morgan fingerprint density at radius 3 is 2.71 bits per heavy atom. The Balaban J connectivity index is 2.47. The van der Waals surface area contributed by atoms with Gasteiger partial charge in [0.15, 0.2) is 4.60 Å². The Morgan fingerprint density at radius 2 is 2.24 bits per heavy atom. The summed E-state index contributed by atoms with van der Waals surface area (Å²) in [6.45, 7) is 5.48. The van der Waals surface area contributed by atoms with Crippen LogP contribution >= 0.6 is 15.9 Å². The maximum atomic E-state index is 4.19. The van der Waals surface area contributed by atoms with Crippen LogP contribution in [0, 0.1) is 5.92 Å². The minimum atomic E-state index is 0.117. The summed E-state index contributed by atoms with van der Waals surface area (Å²) < 4.78 is 2.76. The number of aromatic nitrogens is 3. The molecule has 120 valence electrons. The van der Waals surface area contributed by atoms with Crippen molar-refractivity contribution in [3.8, 4) is 0 Å². The Morgan fingerprint density at radius 1 is 1.52 bits per heavy atom. The van der Waals surface area contributed by atoms with Crippen molar-refractivity contribution in [3.63, 3.8) is 0 Å². The summed E-state index contributed by atoms with van der Waals surface area (Å²) in [5, 5.41) is 12.1. The fourth-order valence-electron chi connectivity index (χ4n) is 3.88. The predicted molar refractivity (Wildman–Crippen MR) is 89.2 cm³/mol. The quantitative estimate of drug-likeness (QED) is 0.879. The number of nitrogens with zero attached hydrogens (tertiary/aromatic N) is 4. The zero-order valence-electron chi connectivity index (χ0n) is 13.9. The van der Waals surface area contributed by atoms with E-state index in [1.165, 1.54) is 25.7 Å². The van der Waals surface area contributed by atoms with Gasteiger partial charge in [-0.05, 0) is 55.3 Å². The second-order valence-corrected chi connectivity index (χ2v) is 7.33. The van der Waals surface area contributed by atoms with Crippen molar-refractivity contribution in [1.29, 1.82) is 0 Å². The lowest BCUT2D eigenvalue weighted by Gasteiger charge is -2.50. The summed E-state index contributed by atoms with van der Waals surface area (Å²) >= 11 is 3.59. The highest BCUT2D eigenvalue weighted by Crippen LogP contribution is 2.45. The normalized spacial score (nSPS) is 28.0. The lowest BCUT2D eigenvalue weighted by atomic mass is 9.70. The van der Waals surface area contributed by atoms with E-state index >= 15 is 0 Å². The third-order valence-electron chi connectivity index (χ3n) is 4.94. The molecular weight excluding hydrogens is 330 g/mol. The van der Waals surface area contributed by atoms with Crippen LogP contribution < -0.4 is 5.32 Å². The van der Waals surface area contributed by atoms with E-state index in [1.807, 2.05) is 11.7 Å². The minimum Gasteiger partial charge on any atom is -0.307 e. The fourth-order valence-corrected chi connectivity index (χ4v) is 4.44. The molecule has 1 aromatic heterocycles. The van der Waals surface area contributed by atoms with Gasteiger partial charge in [0.25, 0.3) is 0 Å². The zero-order valence-corrected chi connectivity index (χ0v) is 15.4. The number of rotatable bonds is 5. The van der Waals surface area contributed by atoms with E-state index in [4.69, 9.17) is 0 Å². The maximum absolute atomic E-state index is 4.19. The first kappa shape index (κ1) is 16.9. The number of likely N-dealkylation sites (N-methyl/N-ethyl adjacent to an activating group) is 2. The molecule has 21 heavy (non-hydrogen) atoms. The van der Waals surface area contributed by atoms with E-state index < -0.39 is 0 Å². The van der Waals surface area contributed by atoms with Crippen LogP contribution in [-0.4, -0.2) is 46.1 Å². The molecule has 1 N–H and O–H groups in total. The fraction of sp³-hybridized carbons (Fsp3) is 0.867. The first-order valence-electron chi connectivity index (χ1n) is 7.88. The SMILES string of the molecule is CCNC(c1c(Br)nnn1C)C1(N(C)C)CCCC(C)C1. The molecule has 1 fully saturated rings. The topological polar surface area (TPSA) is 46.0 Å². The average Bonchev–Trinajstić information content (AvgIpc) is 2.75. The molecule has 0 bridgehead atoms. The lowest BCUT2D eigenvalue weighted by Crippen LogP contribution is -2.56. The number of aryl methyl sites for hydroxylation is 1. The van der Waals surface area contributed by atoms with Crippen molar-refractivity contribution in [2.75, 3.05) is 20.6 Å². The van der Waals surface area contributed by atoms with Gasteiger partial charge in [0, 0.05) is 12.6 Å². The zero-order chi connectivity index (χ0) is 15.6. The van der Waals surface area contributed by atoms with Crippen molar-refractivity contribution in [3.05, 3.63) is 10.3 Å². The summed E-state index contributed by atoms with van der Waals surface area (Å²) in [5.74, 6) is 0.752. The molecule has 0 amide bonds. The van der Waals surface area contributed by atoms with Gasteiger partial charge in [0.2, 0.25) is 0 Å². The molecule has 3 unspecified atom stereocenters. The third kappa shape index (κ3) is 3.17. The monoisotopic (exact) mass is 357 g/mol. The highest BCUT2D eigenvalue weighted by atomic mass is 79.9. The largest absolute Gasteiger partial charge is 0.307 e. The minimum absolute atomic E-state index is 0.117. The molecule has 1 aliphatic rings. The third-order valence-corrected chi connectivity index (χ3v) is 5.51. The number of nitrogens with one attached hydrogen (secondary N) is 1. The molecule has 6 heteroatoms. The van der Waals surface area contributed by atoms with Gasteiger partial charge < -0.3 is 10.2 Å². The number of hydrogen-bond donors (Lipinski definition) is 1. The van der Waals surface area contributed by atoms with Crippen molar-refractivity contribution in [1.82, 2.24) is 25.2 Å². The summed E-state index contributed by atoms with van der Waals surface area (Å²) in [4.78, 5) is 2.41. The Labute approximate surface area is 136 Å².